The van der Waals surface area contributed by atoms with Crippen LogP contribution in [0, 0.1) is 16.0 Å². The summed E-state index contributed by atoms with van der Waals surface area (Å²) in [7, 11) is -1.89. The molecule has 2 aromatic carbocycles. The van der Waals surface area contributed by atoms with Gasteiger partial charge in [-0.1, -0.05) is 18.2 Å². The SMILES string of the molecule is C[C@H](c1cccc([N+](=O)[O-])c1)N(C)C(=O)C1CCN(S(=O)(=O)c2ccc3c(c2)CCC3)CC1. The normalized spacial score (nSPS) is 18.0. The number of carbonyl (C=O) groups excluding carboxylic acids is 1. The van der Waals surface area contributed by atoms with Crippen LogP contribution in [0.2, 0.25) is 0 Å². The van der Waals surface area contributed by atoms with E-state index < -0.39 is 14.9 Å². The lowest BCUT2D eigenvalue weighted by Gasteiger charge is -2.34. The summed E-state index contributed by atoms with van der Waals surface area (Å²) in [5.74, 6) is -0.341. The molecule has 8 nitrogen and oxygen atoms in total. The van der Waals surface area contributed by atoms with Gasteiger partial charge >= 0.3 is 0 Å². The number of nitrogens with zero attached hydrogens (tertiary/aromatic N) is 3. The number of rotatable bonds is 6. The number of fused-ring (bicyclic) bond motifs is 1. The van der Waals surface area contributed by atoms with Gasteiger partial charge in [-0.3, -0.25) is 14.9 Å². The highest BCUT2D eigenvalue weighted by Crippen LogP contribution is 2.30. The highest BCUT2D eigenvalue weighted by atomic mass is 32.2. The fourth-order valence-electron chi connectivity index (χ4n) is 4.80. The Bertz CT molecular complexity index is 1170. The molecule has 0 spiro atoms. The molecule has 1 aliphatic heterocycles. The minimum Gasteiger partial charge on any atom is -0.339 e. The molecule has 0 saturated carbocycles. The van der Waals surface area contributed by atoms with Gasteiger partial charge in [0.15, 0.2) is 0 Å². The van der Waals surface area contributed by atoms with Crippen molar-refractivity contribution in [2.75, 3.05) is 20.1 Å². The fraction of sp³-hybridized carbons (Fsp3) is 0.458. The molecule has 2 aliphatic rings. The Balaban J connectivity index is 1.40. The predicted octanol–water partition coefficient (Wildman–Crippen LogP) is 3.70. The molecule has 9 heteroatoms. The monoisotopic (exact) mass is 471 g/mol. The molecule has 1 aliphatic carbocycles. The van der Waals surface area contributed by atoms with Crippen LogP contribution in [0.4, 0.5) is 5.69 Å². The van der Waals surface area contributed by atoms with Crippen LogP contribution in [-0.2, 0) is 27.7 Å². The molecule has 4 rings (SSSR count). The minimum absolute atomic E-state index is 0.00901. The van der Waals surface area contributed by atoms with Crippen LogP contribution < -0.4 is 0 Å². The number of amides is 1. The first-order chi connectivity index (χ1) is 15.7. The third kappa shape index (κ3) is 4.65. The fourth-order valence-corrected chi connectivity index (χ4v) is 6.32. The Morgan fingerprint density at radius 2 is 1.82 bits per heavy atom. The summed E-state index contributed by atoms with van der Waals surface area (Å²) in [6.07, 6.45) is 3.90. The quantitative estimate of drug-likeness (QED) is 0.472. The van der Waals surface area contributed by atoms with Crippen LogP contribution in [-0.4, -0.2) is 48.6 Å². The maximum absolute atomic E-state index is 13.2. The van der Waals surface area contributed by atoms with Gasteiger partial charge in [0.25, 0.3) is 5.69 Å². The molecule has 0 radical (unpaired) electrons. The Kier molecular flexibility index (Phi) is 6.54. The van der Waals surface area contributed by atoms with Crippen molar-refractivity contribution in [3.63, 3.8) is 0 Å². The van der Waals surface area contributed by atoms with Gasteiger partial charge in [0.05, 0.1) is 15.9 Å². The summed E-state index contributed by atoms with van der Waals surface area (Å²) in [5, 5.41) is 11.1. The van der Waals surface area contributed by atoms with Crippen molar-refractivity contribution in [2.45, 2.75) is 50.0 Å². The minimum atomic E-state index is -3.58. The summed E-state index contributed by atoms with van der Waals surface area (Å²) < 4.78 is 27.8. The smallest absolute Gasteiger partial charge is 0.269 e. The Labute approximate surface area is 194 Å². The highest BCUT2D eigenvalue weighted by molar-refractivity contribution is 7.89. The van der Waals surface area contributed by atoms with Gasteiger partial charge in [0.1, 0.15) is 0 Å². The first-order valence-electron chi connectivity index (χ1n) is 11.3. The van der Waals surface area contributed by atoms with Crippen LogP contribution in [0.1, 0.15) is 48.9 Å². The average Bonchev–Trinajstić information content (AvgIpc) is 3.31. The van der Waals surface area contributed by atoms with E-state index in [2.05, 4.69) is 0 Å². The summed E-state index contributed by atoms with van der Waals surface area (Å²) in [5.41, 5.74) is 3.04. The summed E-state index contributed by atoms with van der Waals surface area (Å²) in [4.78, 5) is 25.7. The van der Waals surface area contributed by atoms with E-state index in [1.54, 1.807) is 30.1 Å². The van der Waals surface area contributed by atoms with Crippen LogP contribution in [0.5, 0.6) is 0 Å². The lowest BCUT2D eigenvalue weighted by molar-refractivity contribution is -0.384. The average molecular weight is 472 g/mol. The van der Waals surface area contributed by atoms with Gasteiger partial charge < -0.3 is 4.90 Å². The molecule has 1 fully saturated rings. The Morgan fingerprint density at radius 1 is 1.12 bits per heavy atom. The van der Waals surface area contributed by atoms with E-state index in [0.29, 0.717) is 36.4 Å². The second-order valence-corrected chi connectivity index (χ2v) is 10.9. The zero-order valence-electron chi connectivity index (χ0n) is 18.9. The molecule has 176 valence electrons. The standard InChI is InChI=1S/C24H29N3O5S/c1-17(20-6-4-8-22(15-20)27(29)30)25(2)24(28)19-11-13-26(14-12-19)33(31,32)23-10-9-18-5-3-7-21(18)16-23/h4,6,8-10,15-17,19H,3,5,7,11-14H2,1-2H3/t17-/m1/s1. The molecule has 2 aromatic rings. The van der Waals surface area contributed by atoms with E-state index >= 15 is 0 Å². The van der Waals surface area contributed by atoms with Crippen molar-refractivity contribution in [3.05, 3.63) is 69.3 Å². The molecule has 0 unspecified atom stereocenters. The van der Waals surface area contributed by atoms with Crippen molar-refractivity contribution >= 4 is 21.6 Å². The molecule has 33 heavy (non-hydrogen) atoms. The predicted molar refractivity (Wildman–Crippen MR) is 124 cm³/mol. The Hall–Kier alpha value is -2.78. The maximum atomic E-state index is 13.2. The summed E-state index contributed by atoms with van der Waals surface area (Å²) >= 11 is 0. The van der Waals surface area contributed by atoms with Crippen LogP contribution in [0.15, 0.2) is 47.4 Å². The molecular weight excluding hydrogens is 442 g/mol. The van der Waals surface area contributed by atoms with Gasteiger partial charge in [0.2, 0.25) is 15.9 Å². The largest absolute Gasteiger partial charge is 0.339 e. The highest BCUT2D eigenvalue weighted by Gasteiger charge is 2.34. The van der Waals surface area contributed by atoms with Crippen molar-refractivity contribution in [1.82, 2.24) is 9.21 Å². The van der Waals surface area contributed by atoms with E-state index in [1.807, 2.05) is 19.1 Å². The first-order valence-corrected chi connectivity index (χ1v) is 12.8. The third-order valence-corrected chi connectivity index (χ3v) is 8.90. The van der Waals surface area contributed by atoms with E-state index in [0.717, 1.165) is 24.8 Å². The number of carbonyl (C=O) groups is 1. The third-order valence-electron chi connectivity index (χ3n) is 7.00. The van der Waals surface area contributed by atoms with Crippen molar-refractivity contribution in [2.24, 2.45) is 5.92 Å². The number of non-ortho nitro benzene ring substituents is 1. The lowest BCUT2D eigenvalue weighted by atomic mass is 9.95. The van der Waals surface area contributed by atoms with E-state index in [-0.39, 0.29) is 23.6 Å². The topological polar surface area (TPSA) is 101 Å². The lowest BCUT2D eigenvalue weighted by Crippen LogP contribution is -2.44. The molecule has 1 atom stereocenters. The molecule has 1 saturated heterocycles. The van der Waals surface area contributed by atoms with Crippen molar-refractivity contribution in [1.29, 1.82) is 0 Å². The molecule has 0 bridgehead atoms. The number of sulfonamides is 1. The van der Waals surface area contributed by atoms with Gasteiger partial charge in [-0.2, -0.15) is 4.31 Å². The van der Waals surface area contributed by atoms with E-state index in [4.69, 9.17) is 0 Å². The van der Waals surface area contributed by atoms with Gasteiger partial charge in [-0.15, -0.1) is 0 Å². The van der Waals surface area contributed by atoms with Crippen LogP contribution in [0.3, 0.4) is 0 Å². The molecule has 1 amide bonds. The summed E-state index contributed by atoms with van der Waals surface area (Å²) in [6, 6.07) is 11.4. The van der Waals surface area contributed by atoms with Crippen LogP contribution >= 0.6 is 0 Å². The number of aryl methyl sites for hydroxylation is 2. The first kappa shape index (κ1) is 23.4. The number of nitro groups is 1. The summed E-state index contributed by atoms with van der Waals surface area (Å²) in [6.45, 7) is 2.44. The van der Waals surface area contributed by atoms with E-state index in [1.165, 1.54) is 22.0 Å². The number of hydrogen-bond acceptors (Lipinski definition) is 5. The van der Waals surface area contributed by atoms with Crippen molar-refractivity contribution in [3.8, 4) is 0 Å². The number of piperidine rings is 1. The number of benzene rings is 2. The molecular formula is C24H29N3O5S. The van der Waals surface area contributed by atoms with Gasteiger partial charge in [0, 0.05) is 38.2 Å². The second-order valence-electron chi connectivity index (χ2n) is 8.94. The Morgan fingerprint density at radius 3 is 2.52 bits per heavy atom. The number of nitro benzene ring substituents is 1. The van der Waals surface area contributed by atoms with Gasteiger partial charge in [-0.25, -0.2) is 8.42 Å². The van der Waals surface area contributed by atoms with E-state index in [9.17, 15) is 23.3 Å². The zero-order chi connectivity index (χ0) is 23.8. The molecule has 0 aromatic heterocycles. The van der Waals surface area contributed by atoms with Crippen molar-refractivity contribution < 1.29 is 18.1 Å². The number of hydrogen-bond donors (Lipinski definition) is 0. The maximum Gasteiger partial charge on any atom is 0.269 e. The second kappa shape index (κ2) is 9.23. The zero-order valence-corrected chi connectivity index (χ0v) is 19.8. The molecule has 0 N–H and O–H groups in total. The van der Waals surface area contributed by atoms with Crippen LogP contribution in [0.25, 0.3) is 0 Å². The van der Waals surface area contributed by atoms with Gasteiger partial charge in [-0.05, 0) is 67.9 Å². The molecule has 1 heterocycles.